The molecule has 0 saturated heterocycles. The number of phenolic OH excluding ortho intramolecular Hbond substituents is 1. The summed E-state index contributed by atoms with van der Waals surface area (Å²) in [6.45, 7) is 0. The highest BCUT2D eigenvalue weighted by Crippen LogP contribution is 2.29. The Morgan fingerprint density at radius 2 is 1.94 bits per heavy atom. The molecule has 0 unspecified atom stereocenters. The molecule has 0 saturated carbocycles. The van der Waals surface area contributed by atoms with Crippen LogP contribution in [0.2, 0.25) is 0 Å². The van der Waals surface area contributed by atoms with E-state index in [-0.39, 0.29) is 5.75 Å². The molecule has 0 fully saturated rings. The van der Waals surface area contributed by atoms with E-state index in [0.717, 1.165) is 11.5 Å². The third kappa shape index (κ3) is 2.02. The molecule has 0 heterocycles. The first kappa shape index (κ1) is 11.7. The van der Waals surface area contributed by atoms with Gasteiger partial charge in [0.2, 0.25) is 0 Å². The van der Waals surface area contributed by atoms with E-state index in [0.29, 0.717) is 10.9 Å². The first-order valence-electron chi connectivity index (χ1n) is 5.19. The maximum atomic E-state index is 10.7. The number of carboxylic acid groups (broad SMARTS) is 1. The quantitative estimate of drug-likeness (QED) is 0.623. The number of phenols is 1. The maximum Gasteiger partial charge on any atom is 0.346 e. The SMILES string of the molecule is N#C/C(=C/c1ccc2ccccc2c1O)C(=O)O. The average Bonchev–Trinajstić information content (AvgIpc) is 2.38. The minimum absolute atomic E-state index is 0.0258. The van der Waals surface area contributed by atoms with Crippen LogP contribution in [0.4, 0.5) is 0 Å². The van der Waals surface area contributed by atoms with Gasteiger partial charge in [0.25, 0.3) is 0 Å². The average molecular weight is 239 g/mol. The molecule has 2 N–H and O–H groups in total. The predicted molar refractivity (Wildman–Crippen MR) is 66.8 cm³/mol. The van der Waals surface area contributed by atoms with Gasteiger partial charge in [-0.2, -0.15) is 5.26 Å². The number of aromatic hydroxyl groups is 1. The Morgan fingerprint density at radius 1 is 1.22 bits per heavy atom. The molecular weight excluding hydrogens is 230 g/mol. The molecule has 2 rings (SSSR count). The van der Waals surface area contributed by atoms with Gasteiger partial charge < -0.3 is 10.2 Å². The number of aliphatic carboxylic acids is 1. The van der Waals surface area contributed by atoms with Crippen LogP contribution in [0.1, 0.15) is 5.56 Å². The van der Waals surface area contributed by atoms with Crippen LogP contribution in [-0.2, 0) is 4.79 Å². The van der Waals surface area contributed by atoms with Crippen molar-refractivity contribution in [3.05, 3.63) is 47.5 Å². The van der Waals surface area contributed by atoms with E-state index < -0.39 is 11.5 Å². The molecule has 0 aliphatic heterocycles. The number of rotatable bonds is 2. The number of hydrogen-bond acceptors (Lipinski definition) is 3. The van der Waals surface area contributed by atoms with Crippen LogP contribution >= 0.6 is 0 Å². The lowest BCUT2D eigenvalue weighted by Crippen LogP contribution is -1.97. The fourth-order valence-corrected chi connectivity index (χ4v) is 1.69. The zero-order chi connectivity index (χ0) is 13.1. The molecule has 88 valence electrons. The van der Waals surface area contributed by atoms with E-state index in [2.05, 4.69) is 0 Å². The fourth-order valence-electron chi connectivity index (χ4n) is 1.69. The van der Waals surface area contributed by atoms with Gasteiger partial charge in [0.05, 0.1) is 0 Å². The summed E-state index contributed by atoms with van der Waals surface area (Å²) in [4.78, 5) is 10.7. The Labute approximate surface area is 103 Å². The molecule has 0 spiro atoms. The van der Waals surface area contributed by atoms with Crippen molar-refractivity contribution in [3.63, 3.8) is 0 Å². The van der Waals surface area contributed by atoms with Gasteiger partial charge in [-0.05, 0) is 11.5 Å². The molecule has 0 aromatic heterocycles. The highest BCUT2D eigenvalue weighted by Gasteiger charge is 2.09. The van der Waals surface area contributed by atoms with E-state index in [1.807, 2.05) is 12.1 Å². The summed E-state index contributed by atoms with van der Waals surface area (Å²) >= 11 is 0. The molecule has 0 aliphatic carbocycles. The largest absolute Gasteiger partial charge is 0.507 e. The zero-order valence-electron chi connectivity index (χ0n) is 9.29. The topological polar surface area (TPSA) is 81.3 Å². The van der Waals surface area contributed by atoms with Crippen LogP contribution < -0.4 is 0 Å². The third-order valence-corrected chi connectivity index (χ3v) is 2.58. The second kappa shape index (κ2) is 4.60. The number of nitriles is 1. The van der Waals surface area contributed by atoms with Crippen molar-refractivity contribution >= 4 is 22.8 Å². The van der Waals surface area contributed by atoms with Crippen LogP contribution in [0.15, 0.2) is 42.0 Å². The molecule has 2 aromatic carbocycles. The molecule has 18 heavy (non-hydrogen) atoms. The van der Waals surface area contributed by atoms with Crippen LogP contribution in [0.25, 0.3) is 16.8 Å². The molecule has 0 radical (unpaired) electrons. The van der Waals surface area contributed by atoms with Crippen LogP contribution in [-0.4, -0.2) is 16.2 Å². The number of nitrogens with zero attached hydrogens (tertiary/aromatic N) is 1. The van der Waals surface area contributed by atoms with E-state index in [1.165, 1.54) is 0 Å². The summed E-state index contributed by atoms with van der Waals surface area (Å²) in [5, 5.41) is 28.9. The van der Waals surface area contributed by atoms with Gasteiger partial charge in [0.1, 0.15) is 17.4 Å². The van der Waals surface area contributed by atoms with Crippen molar-refractivity contribution in [3.8, 4) is 11.8 Å². The molecule has 0 aliphatic rings. The van der Waals surface area contributed by atoms with Gasteiger partial charge in [-0.3, -0.25) is 0 Å². The summed E-state index contributed by atoms with van der Waals surface area (Å²) in [5.41, 5.74) is -0.103. The summed E-state index contributed by atoms with van der Waals surface area (Å²) < 4.78 is 0. The van der Waals surface area contributed by atoms with Crippen LogP contribution in [0, 0.1) is 11.3 Å². The van der Waals surface area contributed by atoms with Crippen molar-refractivity contribution in [1.29, 1.82) is 5.26 Å². The lowest BCUT2D eigenvalue weighted by molar-refractivity contribution is -0.132. The standard InChI is InChI=1S/C14H9NO3/c15-8-11(14(17)18)7-10-6-5-9-3-1-2-4-12(9)13(10)16/h1-7,16H,(H,17,18)/b11-7-. The molecule has 4 heteroatoms. The second-order valence-corrected chi connectivity index (χ2v) is 3.70. The van der Waals surface area contributed by atoms with Crippen molar-refractivity contribution in [2.45, 2.75) is 0 Å². The molecule has 4 nitrogen and oxygen atoms in total. The number of benzene rings is 2. The molecule has 0 amide bonds. The summed E-state index contributed by atoms with van der Waals surface area (Å²) in [6, 6.07) is 12.1. The van der Waals surface area contributed by atoms with Gasteiger partial charge in [-0.15, -0.1) is 0 Å². The second-order valence-electron chi connectivity index (χ2n) is 3.70. The lowest BCUT2D eigenvalue weighted by Gasteiger charge is -2.04. The van der Waals surface area contributed by atoms with Crippen molar-refractivity contribution in [2.75, 3.05) is 0 Å². The third-order valence-electron chi connectivity index (χ3n) is 2.58. The van der Waals surface area contributed by atoms with E-state index >= 15 is 0 Å². The number of fused-ring (bicyclic) bond motifs is 1. The Bertz CT molecular complexity index is 696. The van der Waals surface area contributed by atoms with Gasteiger partial charge in [-0.1, -0.05) is 36.4 Å². The van der Waals surface area contributed by atoms with Crippen LogP contribution in [0.3, 0.4) is 0 Å². The zero-order valence-corrected chi connectivity index (χ0v) is 9.29. The normalized spacial score (nSPS) is 11.2. The van der Waals surface area contributed by atoms with Gasteiger partial charge >= 0.3 is 5.97 Å². The summed E-state index contributed by atoms with van der Waals surface area (Å²) in [5.74, 6) is -1.34. The monoisotopic (exact) mass is 239 g/mol. The minimum atomic E-state index is -1.31. The number of carbonyl (C=O) groups is 1. The smallest absolute Gasteiger partial charge is 0.346 e. The molecule has 0 atom stereocenters. The van der Waals surface area contributed by atoms with Gasteiger partial charge in [0.15, 0.2) is 0 Å². The highest BCUT2D eigenvalue weighted by atomic mass is 16.4. The Balaban J connectivity index is 2.64. The molecule has 0 bridgehead atoms. The van der Waals surface area contributed by atoms with Crippen molar-refractivity contribution in [1.82, 2.24) is 0 Å². The van der Waals surface area contributed by atoms with E-state index in [1.54, 1.807) is 30.3 Å². The van der Waals surface area contributed by atoms with Gasteiger partial charge in [-0.25, -0.2) is 4.79 Å². The van der Waals surface area contributed by atoms with Gasteiger partial charge in [0, 0.05) is 10.9 Å². The molecular formula is C14H9NO3. The summed E-state index contributed by atoms with van der Waals surface area (Å²) in [6.07, 6.45) is 1.16. The lowest BCUT2D eigenvalue weighted by atomic mass is 10.0. The Hall–Kier alpha value is -2.80. The highest BCUT2D eigenvalue weighted by molar-refractivity contribution is 5.99. The van der Waals surface area contributed by atoms with Crippen molar-refractivity contribution in [2.24, 2.45) is 0 Å². The Morgan fingerprint density at radius 3 is 2.61 bits per heavy atom. The number of hydrogen-bond donors (Lipinski definition) is 2. The van der Waals surface area contributed by atoms with E-state index in [4.69, 9.17) is 10.4 Å². The predicted octanol–water partition coefficient (Wildman–Crippen LogP) is 2.54. The maximum absolute atomic E-state index is 10.7. The first-order valence-corrected chi connectivity index (χ1v) is 5.19. The van der Waals surface area contributed by atoms with E-state index in [9.17, 15) is 9.90 Å². The number of carboxylic acids is 1. The van der Waals surface area contributed by atoms with Crippen molar-refractivity contribution < 1.29 is 15.0 Å². The first-order chi connectivity index (χ1) is 8.63. The van der Waals surface area contributed by atoms with Crippen LogP contribution in [0.5, 0.6) is 5.75 Å². The minimum Gasteiger partial charge on any atom is -0.507 e. The fraction of sp³-hybridized carbons (Fsp3) is 0. The molecule has 2 aromatic rings. The summed E-state index contributed by atoms with van der Waals surface area (Å²) in [7, 11) is 0. The Kier molecular flexibility index (Phi) is 2.98.